The molecule has 0 aromatic carbocycles. The molecule has 0 aliphatic carbocycles. The summed E-state index contributed by atoms with van der Waals surface area (Å²) in [5.74, 6) is 1.99. The Kier molecular flexibility index (Phi) is 3.29. The van der Waals surface area contributed by atoms with Crippen LogP contribution in [0.1, 0.15) is 26.7 Å². The molecule has 1 unspecified atom stereocenters. The lowest BCUT2D eigenvalue weighted by atomic mass is 9.90. The molecule has 4 heteroatoms. The lowest BCUT2D eigenvalue weighted by molar-refractivity contribution is 0.412. The highest BCUT2D eigenvalue weighted by Gasteiger charge is 2.34. The molecular weight excluding hydrogens is 170 g/mol. The zero-order chi connectivity index (χ0) is 9.03. The van der Waals surface area contributed by atoms with Crippen molar-refractivity contribution >= 4 is 11.8 Å². The Labute approximate surface area is 77.5 Å². The number of hydrogen-bond donors (Lipinski definition) is 0. The van der Waals surface area contributed by atoms with E-state index in [1.165, 1.54) is 12.2 Å². The van der Waals surface area contributed by atoms with Gasteiger partial charge in [-0.2, -0.15) is 11.8 Å². The predicted molar refractivity (Wildman–Crippen MR) is 53.3 cm³/mol. The Balaban J connectivity index is 2.36. The minimum absolute atomic E-state index is 0.394. The lowest BCUT2D eigenvalue weighted by Crippen LogP contribution is -2.22. The van der Waals surface area contributed by atoms with E-state index in [1.54, 1.807) is 0 Å². The van der Waals surface area contributed by atoms with Crippen LogP contribution in [0, 0.1) is 5.92 Å². The molecule has 12 heavy (non-hydrogen) atoms. The largest absolute Gasteiger partial charge is 0.155 e. The Morgan fingerprint density at radius 2 is 2.42 bits per heavy atom. The number of nitrogens with zero attached hydrogens (tertiary/aromatic N) is 3. The molecule has 1 aliphatic rings. The summed E-state index contributed by atoms with van der Waals surface area (Å²) in [6, 6.07) is 0. The summed E-state index contributed by atoms with van der Waals surface area (Å²) in [5.41, 5.74) is 8.12. The molecule has 0 aromatic rings. The topological polar surface area (TPSA) is 48.8 Å². The molecule has 1 saturated heterocycles. The fraction of sp³-hybridized carbons (Fsp3) is 1.00. The van der Waals surface area contributed by atoms with Crippen molar-refractivity contribution in [3.63, 3.8) is 0 Å². The molecule has 0 bridgehead atoms. The van der Waals surface area contributed by atoms with Crippen LogP contribution in [0.15, 0.2) is 5.11 Å². The number of thioether (sulfide) groups is 1. The zero-order valence-electron chi connectivity index (χ0n) is 7.66. The summed E-state index contributed by atoms with van der Waals surface area (Å²) in [6.07, 6.45) is 2.32. The monoisotopic (exact) mass is 185 g/mol. The van der Waals surface area contributed by atoms with Crippen LogP contribution in [0.25, 0.3) is 10.4 Å². The number of hydrogen-bond acceptors (Lipinski definition) is 2. The van der Waals surface area contributed by atoms with Gasteiger partial charge in [-0.05, 0) is 30.0 Å². The highest BCUT2D eigenvalue weighted by Crippen LogP contribution is 2.43. The molecule has 0 spiro atoms. The maximum Gasteiger partial charge on any atom is 0.0261 e. The molecular formula is C8H15N3S. The highest BCUT2D eigenvalue weighted by atomic mass is 32.2. The third-order valence-corrected chi connectivity index (χ3v) is 4.08. The van der Waals surface area contributed by atoms with Gasteiger partial charge >= 0.3 is 0 Å². The van der Waals surface area contributed by atoms with Crippen molar-refractivity contribution in [1.82, 2.24) is 0 Å². The summed E-state index contributed by atoms with van der Waals surface area (Å²) in [4.78, 5) is 2.76. The first-order chi connectivity index (χ1) is 5.67. The van der Waals surface area contributed by atoms with Gasteiger partial charge in [-0.3, -0.25) is 0 Å². The molecule has 68 valence electrons. The van der Waals surface area contributed by atoms with Crippen LogP contribution >= 0.6 is 11.8 Å². The second-order valence-electron chi connectivity index (χ2n) is 3.68. The normalized spacial score (nSPS) is 26.7. The van der Waals surface area contributed by atoms with Crippen LogP contribution in [0.5, 0.6) is 0 Å². The molecule has 3 nitrogen and oxygen atoms in total. The summed E-state index contributed by atoms with van der Waals surface area (Å²) in [6.45, 7) is 5.22. The fourth-order valence-electron chi connectivity index (χ4n) is 1.68. The molecule has 1 rings (SSSR count). The average Bonchev–Trinajstić information content (AvgIpc) is 2.32. The standard InChI is InChI=1S/C8H15N3S/c1-8(2)7(4-6-12-8)3-5-10-11-9/h7H,3-6H2,1-2H3. The smallest absolute Gasteiger partial charge is 0.0261 e. The molecule has 1 heterocycles. The van der Waals surface area contributed by atoms with E-state index in [1.807, 2.05) is 11.8 Å². The minimum Gasteiger partial charge on any atom is -0.155 e. The molecule has 1 aliphatic heterocycles. The molecule has 0 amide bonds. The fourth-order valence-corrected chi connectivity index (χ4v) is 3.08. The van der Waals surface area contributed by atoms with Gasteiger partial charge in [0.05, 0.1) is 0 Å². The summed E-state index contributed by atoms with van der Waals surface area (Å²) in [7, 11) is 0. The van der Waals surface area contributed by atoms with Gasteiger partial charge in [0.2, 0.25) is 0 Å². The van der Waals surface area contributed by atoms with Gasteiger partial charge in [-0.25, -0.2) is 0 Å². The van der Waals surface area contributed by atoms with E-state index in [2.05, 4.69) is 23.9 Å². The first-order valence-corrected chi connectivity index (χ1v) is 5.30. The van der Waals surface area contributed by atoms with E-state index in [-0.39, 0.29) is 0 Å². The minimum atomic E-state index is 0.394. The second-order valence-corrected chi connectivity index (χ2v) is 5.43. The Morgan fingerprint density at radius 3 is 2.92 bits per heavy atom. The molecule has 0 N–H and O–H groups in total. The van der Waals surface area contributed by atoms with E-state index in [4.69, 9.17) is 5.53 Å². The van der Waals surface area contributed by atoms with Gasteiger partial charge in [-0.15, -0.1) is 0 Å². The van der Waals surface area contributed by atoms with Crippen LogP contribution in [0.3, 0.4) is 0 Å². The predicted octanol–water partition coefficient (Wildman–Crippen LogP) is 3.22. The van der Waals surface area contributed by atoms with E-state index in [9.17, 15) is 0 Å². The van der Waals surface area contributed by atoms with Gasteiger partial charge in [0.15, 0.2) is 0 Å². The van der Waals surface area contributed by atoms with Gasteiger partial charge in [0.1, 0.15) is 0 Å². The maximum atomic E-state index is 8.12. The molecule has 0 saturated carbocycles. The summed E-state index contributed by atoms with van der Waals surface area (Å²) < 4.78 is 0.394. The van der Waals surface area contributed by atoms with Gasteiger partial charge in [0, 0.05) is 16.2 Å². The van der Waals surface area contributed by atoms with Crippen LogP contribution in [-0.4, -0.2) is 17.0 Å². The van der Waals surface area contributed by atoms with E-state index in [0.717, 1.165) is 12.3 Å². The van der Waals surface area contributed by atoms with Gasteiger partial charge in [0.25, 0.3) is 0 Å². The Hall–Kier alpha value is -0.340. The molecule has 0 radical (unpaired) electrons. The quantitative estimate of drug-likeness (QED) is 0.378. The Morgan fingerprint density at radius 1 is 1.67 bits per heavy atom. The summed E-state index contributed by atoms with van der Waals surface area (Å²) in [5, 5.41) is 3.57. The van der Waals surface area contributed by atoms with Crippen molar-refractivity contribution in [2.45, 2.75) is 31.4 Å². The first-order valence-electron chi connectivity index (χ1n) is 4.31. The average molecular weight is 185 g/mol. The van der Waals surface area contributed by atoms with Gasteiger partial charge in [-0.1, -0.05) is 19.0 Å². The second kappa shape index (κ2) is 4.06. The first kappa shape index (κ1) is 9.75. The molecule has 1 fully saturated rings. The van der Waals surface area contributed by atoms with Crippen LogP contribution < -0.4 is 0 Å². The maximum absolute atomic E-state index is 8.12. The van der Waals surface area contributed by atoms with Crippen molar-refractivity contribution < 1.29 is 0 Å². The van der Waals surface area contributed by atoms with Crippen LogP contribution in [0.2, 0.25) is 0 Å². The third kappa shape index (κ3) is 2.32. The van der Waals surface area contributed by atoms with Crippen molar-refractivity contribution in [2.75, 3.05) is 12.3 Å². The van der Waals surface area contributed by atoms with E-state index < -0.39 is 0 Å². The zero-order valence-corrected chi connectivity index (χ0v) is 8.47. The Bertz CT molecular complexity index is 196. The molecule has 0 aromatic heterocycles. The highest BCUT2D eigenvalue weighted by molar-refractivity contribution is 8.00. The van der Waals surface area contributed by atoms with E-state index >= 15 is 0 Å². The van der Waals surface area contributed by atoms with Crippen molar-refractivity contribution in [1.29, 1.82) is 0 Å². The van der Waals surface area contributed by atoms with Crippen LogP contribution in [-0.2, 0) is 0 Å². The van der Waals surface area contributed by atoms with Crippen molar-refractivity contribution in [2.24, 2.45) is 11.0 Å². The van der Waals surface area contributed by atoms with Crippen molar-refractivity contribution in [3.8, 4) is 0 Å². The lowest BCUT2D eigenvalue weighted by Gasteiger charge is -2.25. The SMILES string of the molecule is CC1(C)SCCC1CCN=[N+]=[N-]. The van der Waals surface area contributed by atoms with Gasteiger partial charge < -0.3 is 0 Å². The third-order valence-electron chi connectivity index (χ3n) is 2.56. The molecule has 1 atom stereocenters. The number of azide groups is 1. The van der Waals surface area contributed by atoms with Crippen LogP contribution in [0.4, 0.5) is 0 Å². The van der Waals surface area contributed by atoms with E-state index in [0.29, 0.717) is 11.3 Å². The van der Waals surface area contributed by atoms with Crippen molar-refractivity contribution in [3.05, 3.63) is 10.4 Å². The summed E-state index contributed by atoms with van der Waals surface area (Å²) >= 11 is 2.03. The number of rotatable bonds is 3.